The third kappa shape index (κ3) is 4.72. The lowest BCUT2D eigenvalue weighted by atomic mass is 9.79. The SMILES string of the molecule is O=C(C1CCOCC1)N1CCC2(CCCN(CCCc3ccccc3)C2)C1. The van der Waals surface area contributed by atoms with Crippen molar-refractivity contribution in [3.05, 3.63) is 35.9 Å². The van der Waals surface area contributed by atoms with Crippen molar-refractivity contribution in [2.45, 2.75) is 44.9 Å². The van der Waals surface area contributed by atoms with Crippen LogP contribution in [0.1, 0.15) is 44.1 Å². The third-order valence-corrected chi connectivity index (χ3v) is 6.84. The first-order chi connectivity index (χ1) is 13.2. The Morgan fingerprint density at radius 3 is 2.70 bits per heavy atom. The van der Waals surface area contributed by atoms with Gasteiger partial charge < -0.3 is 14.5 Å². The smallest absolute Gasteiger partial charge is 0.225 e. The highest BCUT2D eigenvalue weighted by molar-refractivity contribution is 5.79. The van der Waals surface area contributed by atoms with E-state index in [0.717, 1.165) is 39.1 Å². The predicted molar refractivity (Wildman–Crippen MR) is 108 cm³/mol. The van der Waals surface area contributed by atoms with Crippen molar-refractivity contribution < 1.29 is 9.53 Å². The fourth-order valence-corrected chi connectivity index (χ4v) is 5.31. The summed E-state index contributed by atoms with van der Waals surface area (Å²) in [7, 11) is 0. The standard InChI is InChI=1S/C23H34N2O2/c26-22(21-9-16-27-17-10-21)25-15-12-23(19-25)11-5-14-24(18-23)13-4-8-20-6-2-1-3-7-20/h1-3,6-7,21H,4-5,8-19H2. The van der Waals surface area contributed by atoms with E-state index >= 15 is 0 Å². The van der Waals surface area contributed by atoms with Crippen LogP contribution in [-0.4, -0.2) is 61.6 Å². The quantitative estimate of drug-likeness (QED) is 0.797. The molecule has 0 radical (unpaired) electrons. The van der Waals surface area contributed by atoms with Gasteiger partial charge in [-0.15, -0.1) is 0 Å². The molecular formula is C23H34N2O2. The van der Waals surface area contributed by atoms with Crippen LogP contribution in [0.25, 0.3) is 0 Å². The van der Waals surface area contributed by atoms with E-state index in [4.69, 9.17) is 4.74 Å². The summed E-state index contributed by atoms with van der Waals surface area (Å²) in [4.78, 5) is 17.7. The number of hydrogen-bond acceptors (Lipinski definition) is 3. The lowest BCUT2D eigenvalue weighted by Crippen LogP contribution is -2.46. The van der Waals surface area contributed by atoms with E-state index in [1.807, 2.05) is 0 Å². The zero-order valence-electron chi connectivity index (χ0n) is 16.6. The highest BCUT2D eigenvalue weighted by atomic mass is 16.5. The number of rotatable bonds is 5. The fourth-order valence-electron chi connectivity index (χ4n) is 5.31. The Bertz CT molecular complexity index is 614. The Hall–Kier alpha value is -1.39. The molecule has 0 aromatic heterocycles. The molecule has 3 fully saturated rings. The number of likely N-dealkylation sites (tertiary alicyclic amines) is 2. The Labute approximate surface area is 163 Å². The van der Waals surface area contributed by atoms with Gasteiger partial charge in [0.25, 0.3) is 0 Å². The molecule has 1 aromatic rings. The van der Waals surface area contributed by atoms with E-state index in [0.29, 0.717) is 11.3 Å². The predicted octanol–water partition coefficient (Wildman–Crippen LogP) is 3.36. The number of benzene rings is 1. The minimum absolute atomic E-state index is 0.208. The summed E-state index contributed by atoms with van der Waals surface area (Å²) >= 11 is 0. The van der Waals surface area contributed by atoms with Crippen molar-refractivity contribution >= 4 is 5.91 Å². The number of ether oxygens (including phenoxy) is 1. The van der Waals surface area contributed by atoms with Crippen LogP contribution in [0.15, 0.2) is 30.3 Å². The van der Waals surface area contributed by atoms with Gasteiger partial charge in [0.05, 0.1) is 0 Å². The van der Waals surface area contributed by atoms with Gasteiger partial charge in [-0.25, -0.2) is 0 Å². The van der Waals surface area contributed by atoms with Crippen LogP contribution in [0.4, 0.5) is 0 Å². The minimum atomic E-state index is 0.208. The minimum Gasteiger partial charge on any atom is -0.381 e. The summed E-state index contributed by atoms with van der Waals surface area (Å²) in [6, 6.07) is 10.8. The van der Waals surface area contributed by atoms with Gasteiger partial charge in [0.2, 0.25) is 5.91 Å². The van der Waals surface area contributed by atoms with Crippen LogP contribution in [0.3, 0.4) is 0 Å². The number of nitrogens with zero attached hydrogens (tertiary/aromatic N) is 2. The first kappa shape index (κ1) is 18.9. The maximum absolute atomic E-state index is 12.9. The van der Waals surface area contributed by atoms with Crippen LogP contribution < -0.4 is 0 Å². The summed E-state index contributed by atoms with van der Waals surface area (Å²) in [6.45, 7) is 7.05. The molecule has 3 aliphatic heterocycles. The molecule has 3 aliphatic rings. The molecule has 0 bridgehead atoms. The molecule has 148 valence electrons. The van der Waals surface area contributed by atoms with Gasteiger partial charge in [-0.1, -0.05) is 30.3 Å². The number of carbonyl (C=O) groups excluding carboxylic acids is 1. The second-order valence-electron chi connectivity index (χ2n) is 8.87. The Kier molecular flexibility index (Phi) is 6.14. The molecule has 27 heavy (non-hydrogen) atoms. The van der Waals surface area contributed by atoms with Crippen LogP contribution in [0, 0.1) is 11.3 Å². The number of aryl methyl sites for hydroxylation is 1. The van der Waals surface area contributed by atoms with Crippen LogP contribution in [0.2, 0.25) is 0 Å². The molecule has 4 rings (SSSR count). The molecule has 3 heterocycles. The highest BCUT2D eigenvalue weighted by Gasteiger charge is 2.43. The molecule has 4 nitrogen and oxygen atoms in total. The Balaban J connectivity index is 1.26. The first-order valence-electron chi connectivity index (χ1n) is 10.9. The lowest BCUT2D eigenvalue weighted by Gasteiger charge is -2.40. The number of hydrogen-bond donors (Lipinski definition) is 0. The van der Waals surface area contributed by atoms with Gasteiger partial charge in [0.15, 0.2) is 0 Å². The van der Waals surface area contributed by atoms with Crippen molar-refractivity contribution in [3.8, 4) is 0 Å². The van der Waals surface area contributed by atoms with Crippen molar-refractivity contribution in [2.24, 2.45) is 11.3 Å². The Morgan fingerprint density at radius 2 is 1.89 bits per heavy atom. The van der Waals surface area contributed by atoms with E-state index in [-0.39, 0.29) is 5.92 Å². The monoisotopic (exact) mass is 370 g/mol. The molecule has 1 aromatic carbocycles. The normalized spacial score (nSPS) is 27.3. The molecule has 0 aliphatic carbocycles. The van der Waals surface area contributed by atoms with Crippen molar-refractivity contribution in [2.75, 3.05) is 45.9 Å². The van der Waals surface area contributed by atoms with Crippen LogP contribution >= 0.6 is 0 Å². The van der Waals surface area contributed by atoms with Gasteiger partial charge in [-0.05, 0) is 63.6 Å². The molecule has 1 atom stereocenters. The summed E-state index contributed by atoms with van der Waals surface area (Å²) < 4.78 is 5.43. The van der Waals surface area contributed by atoms with E-state index in [1.54, 1.807) is 0 Å². The molecule has 3 saturated heterocycles. The van der Waals surface area contributed by atoms with E-state index < -0.39 is 0 Å². The average Bonchev–Trinajstić information content (AvgIpc) is 3.12. The summed E-state index contributed by atoms with van der Waals surface area (Å²) in [5.74, 6) is 0.607. The average molecular weight is 371 g/mol. The summed E-state index contributed by atoms with van der Waals surface area (Å²) in [5, 5.41) is 0. The fraction of sp³-hybridized carbons (Fsp3) is 0.696. The molecule has 1 amide bonds. The highest BCUT2D eigenvalue weighted by Crippen LogP contribution is 2.39. The van der Waals surface area contributed by atoms with Crippen molar-refractivity contribution in [3.63, 3.8) is 0 Å². The molecule has 1 unspecified atom stereocenters. The van der Waals surface area contributed by atoms with Crippen LogP contribution in [-0.2, 0) is 16.0 Å². The Morgan fingerprint density at radius 1 is 1.07 bits per heavy atom. The maximum atomic E-state index is 12.9. The largest absolute Gasteiger partial charge is 0.381 e. The maximum Gasteiger partial charge on any atom is 0.225 e. The second kappa shape index (κ2) is 8.74. The lowest BCUT2D eigenvalue weighted by molar-refractivity contribution is -0.138. The zero-order valence-corrected chi connectivity index (χ0v) is 16.6. The molecular weight excluding hydrogens is 336 g/mol. The first-order valence-corrected chi connectivity index (χ1v) is 10.9. The van der Waals surface area contributed by atoms with Gasteiger partial charge in [0.1, 0.15) is 0 Å². The number of carbonyl (C=O) groups is 1. The van der Waals surface area contributed by atoms with E-state index in [9.17, 15) is 4.79 Å². The zero-order chi connectivity index (χ0) is 18.5. The van der Waals surface area contributed by atoms with E-state index in [2.05, 4.69) is 40.1 Å². The van der Waals surface area contributed by atoms with Gasteiger partial charge in [-0.2, -0.15) is 0 Å². The van der Waals surface area contributed by atoms with Crippen molar-refractivity contribution in [1.29, 1.82) is 0 Å². The summed E-state index contributed by atoms with van der Waals surface area (Å²) in [5.41, 5.74) is 1.80. The number of piperidine rings is 1. The van der Waals surface area contributed by atoms with Gasteiger partial charge in [-0.3, -0.25) is 4.79 Å². The van der Waals surface area contributed by atoms with E-state index in [1.165, 1.54) is 57.3 Å². The van der Waals surface area contributed by atoms with Gasteiger partial charge in [0, 0.05) is 44.2 Å². The third-order valence-electron chi connectivity index (χ3n) is 6.84. The molecule has 4 heteroatoms. The topological polar surface area (TPSA) is 32.8 Å². The molecule has 0 saturated carbocycles. The number of amides is 1. The summed E-state index contributed by atoms with van der Waals surface area (Å²) in [6.07, 6.45) is 7.98. The molecule has 1 spiro atoms. The molecule has 0 N–H and O–H groups in total. The van der Waals surface area contributed by atoms with Crippen molar-refractivity contribution in [1.82, 2.24) is 9.80 Å². The van der Waals surface area contributed by atoms with Gasteiger partial charge >= 0.3 is 0 Å². The van der Waals surface area contributed by atoms with Crippen LogP contribution in [0.5, 0.6) is 0 Å². The second-order valence-corrected chi connectivity index (χ2v) is 8.87.